The number of amides is 1. The SMILES string of the molecule is COC(=O)c1c[nH]c(=O)c([C@@H](CC(N)=O)c2ccc(OC)c(O)c2)c1O. The molecule has 0 radical (unpaired) electrons. The van der Waals surface area contributed by atoms with E-state index in [2.05, 4.69) is 9.72 Å². The molecule has 26 heavy (non-hydrogen) atoms. The van der Waals surface area contributed by atoms with Crippen LogP contribution in [0.15, 0.2) is 29.2 Å². The summed E-state index contributed by atoms with van der Waals surface area (Å²) < 4.78 is 9.52. The first kappa shape index (κ1) is 18.8. The van der Waals surface area contributed by atoms with Crippen molar-refractivity contribution >= 4 is 11.9 Å². The van der Waals surface area contributed by atoms with Gasteiger partial charge in [0.15, 0.2) is 11.5 Å². The van der Waals surface area contributed by atoms with Gasteiger partial charge in [-0.1, -0.05) is 6.07 Å². The molecule has 0 aliphatic rings. The molecule has 5 N–H and O–H groups in total. The third-order valence-corrected chi connectivity index (χ3v) is 3.87. The summed E-state index contributed by atoms with van der Waals surface area (Å²) in [5, 5.41) is 20.4. The summed E-state index contributed by atoms with van der Waals surface area (Å²) in [6, 6.07) is 4.24. The molecule has 1 amide bonds. The molecule has 0 unspecified atom stereocenters. The number of phenols is 1. The zero-order valence-electron chi connectivity index (χ0n) is 14.1. The van der Waals surface area contributed by atoms with E-state index in [1.165, 1.54) is 25.3 Å². The number of nitrogens with two attached hydrogens (primary N) is 1. The third-order valence-electron chi connectivity index (χ3n) is 3.87. The maximum absolute atomic E-state index is 12.3. The minimum absolute atomic E-state index is 0.188. The van der Waals surface area contributed by atoms with Crippen LogP contribution in [0, 0.1) is 0 Å². The second kappa shape index (κ2) is 7.60. The van der Waals surface area contributed by atoms with Crippen molar-refractivity contribution in [1.29, 1.82) is 0 Å². The molecule has 0 bridgehead atoms. The normalized spacial score (nSPS) is 11.6. The molecule has 0 saturated carbocycles. The number of carbonyl (C=O) groups is 2. The number of carbonyl (C=O) groups excluding carboxylic acids is 2. The first-order chi connectivity index (χ1) is 12.3. The number of hydrogen-bond donors (Lipinski definition) is 4. The van der Waals surface area contributed by atoms with Gasteiger partial charge in [0.25, 0.3) is 5.56 Å². The molecular formula is C17H18N2O7. The molecule has 138 valence electrons. The van der Waals surface area contributed by atoms with Crippen LogP contribution in [0.5, 0.6) is 17.2 Å². The van der Waals surface area contributed by atoms with E-state index < -0.39 is 29.1 Å². The van der Waals surface area contributed by atoms with Crippen molar-refractivity contribution in [2.24, 2.45) is 5.73 Å². The minimum Gasteiger partial charge on any atom is -0.506 e. The van der Waals surface area contributed by atoms with Crippen molar-refractivity contribution in [3.63, 3.8) is 0 Å². The lowest BCUT2D eigenvalue weighted by Crippen LogP contribution is -2.23. The molecule has 1 aromatic carbocycles. The lowest BCUT2D eigenvalue weighted by Gasteiger charge is -2.18. The number of esters is 1. The Hall–Kier alpha value is -3.49. The van der Waals surface area contributed by atoms with Crippen LogP contribution in [0.25, 0.3) is 0 Å². The molecule has 1 atom stereocenters. The number of pyridine rings is 1. The summed E-state index contributed by atoms with van der Waals surface area (Å²) in [6.45, 7) is 0. The third kappa shape index (κ3) is 3.61. The molecule has 0 aliphatic heterocycles. The van der Waals surface area contributed by atoms with Crippen molar-refractivity contribution in [1.82, 2.24) is 4.98 Å². The summed E-state index contributed by atoms with van der Waals surface area (Å²) in [7, 11) is 2.49. The van der Waals surface area contributed by atoms with Gasteiger partial charge in [0.2, 0.25) is 5.91 Å². The number of nitrogens with one attached hydrogen (secondary N) is 1. The van der Waals surface area contributed by atoms with Gasteiger partial charge in [-0.2, -0.15) is 0 Å². The van der Waals surface area contributed by atoms with Gasteiger partial charge >= 0.3 is 5.97 Å². The van der Waals surface area contributed by atoms with Crippen LogP contribution in [0.2, 0.25) is 0 Å². The quantitative estimate of drug-likeness (QED) is 0.549. The van der Waals surface area contributed by atoms with E-state index in [0.717, 1.165) is 13.3 Å². The second-order valence-electron chi connectivity index (χ2n) is 5.44. The smallest absolute Gasteiger partial charge is 0.343 e. The number of phenolic OH excluding ortho intramolecular Hbond substituents is 1. The first-order valence-electron chi connectivity index (χ1n) is 7.48. The van der Waals surface area contributed by atoms with E-state index in [1.807, 2.05) is 0 Å². The van der Waals surface area contributed by atoms with E-state index in [9.17, 15) is 24.6 Å². The van der Waals surface area contributed by atoms with E-state index in [-0.39, 0.29) is 29.0 Å². The molecule has 0 saturated heterocycles. The first-order valence-corrected chi connectivity index (χ1v) is 7.48. The Labute approximate surface area is 148 Å². The van der Waals surface area contributed by atoms with Crippen LogP contribution in [0.3, 0.4) is 0 Å². The Morgan fingerprint density at radius 1 is 1.27 bits per heavy atom. The van der Waals surface area contributed by atoms with E-state index in [1.54, 1.807) is 0 Å². The van der Waals surface area contributed by atoms with E-state index in [4.69, 9.17) is 10.5 Å². The summed E-state index contributed by atoms with van der Waals surface area (Å²) in [5.74, 6) is -3.27. The molecule has 0 fully saturated rings. The Morgan fingerprint density at radius 3 is 2.50 bits per heavy atom. The predicted molar refractivity (Wildman–Crippen MR) is 90.4 cm³/mol. The topological polar surface area (TPSA) is 152 Å². The Kier molecular flexibility index (Phi) is 5.51. The van der Waals surface area contributed by atoms with Crippen molar-refractivity contribution in [2.45, 2.75) is 12.3 Å². The number of ether oxygens (including phenoxy) is 2. The number of aromatic hydroxyl groups is 2. The fourth-order valence-corrected chi connectivity index (χ4v) is 2.64. The monoisotopic (exact) mass is 362 g/mol. The maximum atomic E-state index is 12.3. The number of aromatic amines is 1. The molecule has 9 heteroatoms. The molecule has 0 spiro atoms. The highest BCUT2D eigenvalue weighted by Crippen LogP contribution is 2.37. The van der Waals surface area contributed by atoms with Crippen molar-refractivity contribution in [3.8, 4) is 17.2 Å². The maximum Gasteiger partial charge on any atom is 0.343 e. The Morgan fingerprint density at radius 2 is 1.96 bits per heavy atom. The van der Waals surface area contributed by atoms with Gasteiger partial charge in [-0.3, -0.25) is 9.59 Å². The van der Waals surface area contributed by atoms with Crippen LogP contribution in [0.1, 0.15) is 33.8 Å². The fraction of sp³-hybridized carbons (Fsp3) is 0.235. The fourth-order valence-electron chi connectivity index (χ4n) is 2.64. The van der Waals surface area contributed by atoms with Gasteiger partial charge in [0.05, 0.1) is 19.8 Å². The van der Waals surface area contributed by atoms with Gasteiger partial charge in [-0.15, -0.1) is 0 Å². The van der Waals surface area contributed by atoms with E-state index in [0.29, 0.717) is 5.56 Å². The minimum atomic E-state index is -1.00. The average Bonchev–Trinajstić information content (AvgIpc) is 2.60. The molecule has 1 aromatic heterocycles. The summed E-state index contributed by atoms with van der Waals surface area (Å²) in [5.41, 5.74) is 4.38. The second-order valence-corrected chi connectivity index (χ2v) is 5.44. The average molecular weight is 362 g/mol. The highest BCUT2D eigenvalue weighted by atomic mass is 16.5. The predicted octanol–water partition coefficient (Wildman–Crippen LogP) is 0.589. The van der Waals surface area contributed by atoms with Crippen molar-refractivity contribution in [3.05, 3.63) is 51.4 Å². The summed E-state index contributed by atoms with van der Waals surface area (Å²) in [4.78, 5) is 37.9. The zero-order chi connectivity index (χ0) is 19.4. The summed E-state index contributed by atoms with van der Waals surface area (Å²) >= 11 is 0. The van der Waals surface area contributed by atoms with Gasteiger partial charge in [0.1, 0.15) is 11.3 Å². The van der Waals surface area contributed by atoms with Crippen LogP contribution >= 0.6 is 0 Å². The largest absolute Gasteiger partial charge is 0.506 e. The van der Waals surface area contributed by atoms with Crippen molar-refractivity contribution < 1.29 is 29.3 Å². The molecule has 2 aromatic rings. The molecule has 2 rings (SSSR count). The number of benzene rings is 1. The molecule has 1 heterocycles. The number of hydrogen-bond acceptors (Lipinski definition) is 7. The molecule has 0 aliphatic carbocycles. The standard InChI is InChI=1S/C17H18N2O7/c1-25-12-4-3-8(5-11(12)20)9(6-13(18)21)14-15(22)10(17(24)26-2)7-19-16(14)23/h3-5,7,9,20H,6H2,1-2H3,(H2,18,21)(H2,19,22,23)/t9-/m0/s1. The zero-order valence-corrected chi connectivity index (χ0v) is 14.1. The van der Waals surface area contributed by atoms with Gasteiger partial charge < -0.3 is 30.4 Å². The highest BCUT2D eigenvalue weighted by molar-refractivity contribution is 5.92. The number of rotatable bonds is 6. The Balaban J connectivity index is 2.68. The molecule has 9 nitrogen and oxygen atoms in total. The highest BCUT2D eigenvalue weighted by Gasteiger charge is 2.27. The lowest BCUT2D eigenvalue weighted by molar-refractivity contribution is -0.118. The van der Waals surface area contributed by atoms with Gasteiger partial charge in [-0.25, -0.2) is 4.79 Å². The van der Waals surface area contributed by atoms with Crippen LogP contribution in [0.4, 0.5) is 0 Å². The van der Waals surface area contributed by atoms with Crippen LogP contribution in [-0.2, 0) is 9.53 Å². The van der Waals surface area contributed by atoms with Crippen LogP contribution < -0.4 is 16.0 Å². The van der Waals surface area contributed by atoms with Gasteiger partial charge in [0, 0.05) is 18.5 Å². The Bertz CT molecular complexity index is 904. The van der Waals surface area contributed by atoms with Crippen LogP contribution in [-0.4, -0.2) is 41.3 Å². The van der Waals surface area contributed by atoms with Crippen molar-refractivity contribution in [2.75, 3.05) is 14.2 Å². The number of aromatic nitrogens is 1. The lowest BCUT2D eigenvalue weighted by atomic mass is 9.87. The summed E-state index contributed by atoms with van der Waals surface area (Å²) in [6.07, 6.45) is 0.673. The van der Waals surface area contributed by atoms with Gasteiger partial charge in [-0.05, 0) is 17.7 Å². The number of H-pyrrole nitrogens is 1. The number of primary amides is 1. The number of methoxy groups -OCH3 is 2. The molecular weight excluding hydrogens is 344 g/mol. The van der Waals surface area contributed by atoms with E-state index >= 15 is 0 Å².